The van der Waals surface area contributed by atoms with E-state index >= 15 is 0 Å². The Kier molecular flexibility index (Phi) is 1.51. The first-order valence-corrected chi connectivity index (χ1v) is 2.47. The van der Waals surface area contributed by atoms with Gasteiger partial charge in [-0.15, -0.1) is 6.42 Å². The third kappa shape index (κ3) is 1.30. The Hall–Kier alpha value is -1.29. The van der Waals surface area contributed by atoms with Crippen molar-refractivity contribution < 1.29 is 4.39 Å². The minimum Gasteiger partial charge on any atom is -0.206 e. The van der Waals surface area contributed by atoms with Crippen LogP contribution < -0.4 is 0 Å². The van der Waals surface area contributed by atoms with Crippen molar-refractivity contribution in [3.63, 3.8) is 0 Å². The van der Waals surface area contributed by atoms with E-state index < -0.39 is 5.82 Å². The Labute approximate surface area is 53.3 Å². The van der Waals surface area contributed by atoms with Gasteiger partial charge in [-0.05, 0) is 12.1 Å². The lowest BCUT2D eigenvalue weighted by atomic mass is 10.2. The van der Waals surface area contributed by atoms with E-state index in [2.05, 4.69) is 12.0 Å². The van der Waals surface area contributed by atoms with Crippen molar-refractivity contribution in [1.29, 1.82) is 0 Å². The fourth-order valence-corrected chi connectivity index (χ4v) is 0.525. The second kappa shape index (κ2) is 2.32. The standard InChI is InChI=1S/C8H4F/c1-2-7-4-3-5-8(9)6-7/h1,3-5H. The van der Waals surface area contributed by atoms with E-state index in [1.807, 2.05) is 0 Å². The van der Waals surface area contributed by atoms with Gasteiger partial charge in [0.25, 0.3) is 0 Å². The number of hydrogen-bond donors (Lipinski definition) is 0. The molecule has 0 bridgehead atoms. The van der Waals surface area contributed by atoms with E-state index in [0.717, 1.165) is 0 Å². The van der Waals surface area contributed by atoms with Crippen LogP contribution in [-0.2, 0) is 0 Å². The molecule has 43 valence electrons. The lowest BCUT2D eigenvalue weighted by Crippen LogP contribution is -1.75. The van der Waals surface area contributed by atoms with Gasteiger partial charge in [-0.1, -0.05) is 12.0 Å². The summed E-state index contributed by atoms with van der Waals surface area (Å²) in [7, 11) is 0. The van der Waals surface area contributed by atoms with Crippen LogP contribution in [0, 0.1) is 24.2 Å². The summed E-state index contributed by atoms with van der Waals surface area (Å²) in [5.74, 6) is 1.86. The van der Waals surface area contributed by atoms with E-state index in [-0.39, 0.29) is 0 Å². The summed E-state index contributed by atoms with van der Waals surface area (Å²) < 4.78 is 12.2. The third-order valence-electron chi connectivity index (χ3n) is 0.915. The van der Waals surface area contributed by atoms with Gasteiger partial charge in [-0.2, -0.15) is 0 Å². The molecule has 9 heavy (non-hydrogen) atoms. The Balaban J connectivity index is 3.12. The molecule has 0 aromatic heterocycles. The summed E-state index contributed by atoms with van der Waals surface area (Å²) in [6.45, 7) is 0. The van der Waals surface area contributed by atoms with Gasteiger partial charge in [0.2, 0.25) is 0 Å². The number of terminal acetylenes is 1. The monoisotopic (exact) mass is 119 g/mol. The minimum absolute atomic E-state index is 0.412. The van der Waals surface area contributed by atoms with Crippen LogP contribution in [0.2, 0.25) is 0 Å². The normalized spacial score (nSPS) is 8.44. The third-order valence-corrected chi connectivity index (χ3v) is 0.915. The maximum atomic E-state index is 12.2. The van der Waals surface area contributed by atoms with E-state index in [1.165, 1.54) is 6.07 Å². The van der Waals surface area contributed by atoms with Crippen LogP contribution in [0.5, 0.6) is 0 Å². The van der Waals surface area contributed by atoms with Crippen LogP contribution in [0.4, 0.5) is 4.39 Å². The fourth-order valence-electron chi connectivity index (χ4n) is 0.525. The molecular weight excluding hydrogens is 115 g/mol. The van der Waals surface area contributed by atoms with E-state index in [0.29, 0.717) is 5.56 Å². The van der Waals surface area contributed by atoms with Gasteiger partial charge in [0.05, 0.1) is 0 Å². The highest BCUT2D eigenvalue weighted by Gasteiger charge is 1.88. The Morgan fingerprint density at radius 1 is 1.56 bits per heavy atom. The van der Waals surface area contributed by atoms with Gasteiger partial charge in [0.15, 0.2) is 0 Å². The van der Waals surface area contributed by atoms with Crippen molar-refractivity contribution >= 4 is 0 Å². The Bertz CT molecular complexity index is 245. The Morgan fingerprint density at radius 2 is 2.33 bits per heavy atom. The molecule has 0 spiro atoms. The highest BCUT2D eigenvalue weighted by Crippen LogP contribution is 1.98. The summed E-state index contributed by atoms with van der Waals surface area (Å²) in [4.78, 5) is 0. The molecule has 0 heterocycles. The fraction of sp³-hybridized carbons (Fsp3) is 0. The molecule has 1 heteroatoms. The number of rotatable bonds is 0. The molecule has 0 saturated carbocycles. The second-order valence-electron chi connectivity index (χ2n) is 1.56. The average Bonchev–Trinajstić information content (AvgIpc) is 1.88. The summed E-state index contributed by atoms with van der Waals surface area (Å²) in [5, 5.41) is 0. The number of benzene rings is 1. The van der Waals surface area contributed by atoms with E-state index in [1.54, 1.807) is 12.1 Å². The zero-order chi connectivity index (χ0) is 6.69. The van der Waals surface area contributed by atoms with Crippen LogP contribution in [-0.4, -0.2) is 0 Å². The SMILES string of the molecule is C#Cc1[c]c(F)ccc1. The van der Waals surface area contributed by atoms with Crippen molar-refractivity contribution in [2.24, 2.45) is 0 Å². The molecule has 0 fully saturated rings. The predicted octanol–water partition coefficient (Wildman–Crippen LogP) is 1.61. The second-order valence-corrected chi connectivity index (χ2v) is 1.56. The highest BCUT2D eigenvalue weighted by molar-refractivity contribution is 5.30. The summed E-state index contributed by atoms with van der Waals surface area (Å²) in [6.07, 6.45) is 4.97. The van der Waals surface area contributed by atoms with Gasteiger partial charge in [-0.3, -0.25) is 0 Å². The average molecular weight is 119 g/mol. The first-order valence-electron chi connectivity index (χ1n) is 2.47. The van der Waals surface area contributed by atoms with Gasteiger partial charge in [0, 0.05) is 11.6 Å². The first-order chi connectivity index (χ1) is 4.33. The minimum atomic E-state index is -0.412. The largest absolute Gasteiger partial charge is 0.206 e. The number of hydrogen-bond acceptors (Lipinski definition) is 0. The van der Waals surface area contributed by atoms with E-state index in [9.17, 15) is 4.39 Å². The molecule has 0 saturated heterocycles. The summed E-state index contributed by atoms with van der Waals surface area (Å²) in [6, 6.07) is 6.85. The molecule has 1 radical (unpaired) electrons. The maximum Gasteiger partial charge on any atom is 0.132 e. The summed E-state index contributed by atoms with van der Waals surface area (Å²) in [5.41, 5.74) is 0.454. The molecule has 0 N–H and O–H groups in total. The van der Waals surface area contributed by atoms with Crippen LogP contribution in [0.3, 0.4) is 0 Å². The quantitative estimate of drug-likeness (QED) is 0.455. The molecule has 0 aliphatic heterocycles. The highest BCUT2D eigenvalue weighted by atomic mass is 19.1. The maximum absolute atomic E-state index is 12.2. The zero-order valence-corrected chi connectivity index (χ0v) is 4.69. The van der Waals surface area contributed by atoms with Crippen LogP contribution in [0.15, 0.2) is 18.2 Å². The van der Waals surface area contributed by atoms with Crippen LogP contribution >= 0.6 is 0 Å². The molecule has 0 unspecified atom stereocenters. The Morgan fingerprint density at radius 3 is 2.78 bits per heavy atom. The van der Waals surface area contributed by atoms with Crippen molar-refractivity contribution in [1.82, 2.24) is 0 Å². The molecular formula is C8H4F. The molecule has 0 nitrogen and oxygen atoms in total. The van der Waals surface area contributed by atoms with E-state index in [4.69, 9.17) is 6.42 Å². The van der Waals surface area contributed by atoms with Gasteiger partial charge in [0.1, 0.15) is 5.82 Å². The molecule has 0 aliphatic rings. The smallest absolute Gasteiger partial charge is 0.132 e. The molecule has 0 amide bonds. The van der Waals surface area contributed by atoms with Crippen molar-refractivity contribution in [3.05, 3.63) is 35.6 Å². The van der Waals surface area contributed by atoms with Crippen LogP contribution in [0.1, 0.15) is 5.56 Å². The predicted molar refractivity (Wildman–Crippen MR) is 33.2 cm³/mol. The molecule has 1 rings (SSSR count). The molecule has 1 aromatic rings. The molecule has 0 aliphatic carbocycles. The van der Waals surface area contributed by atoms with Crippen LogP contribution in [0.25, 0.3) is 0 Å². The lowest BCUT2D eigenvalue weighted by Gasteiger charge is -1.86. The summed E-state index contributed by atoms with van der Waals surface area (Å²) >= 11 is 0. The van der Waals surface area contributed by atoms with Crippen molar-refractivity contribution in [2.75, 3.05) is 0 Å². The van der Waals surface area contributed by atoms with Crippen molar-refractivity contribution in [3.8, 4) is 12.3 Å². The molecule has 1 aromatic carbocycles. The van der Waals surface area contributed by atoms with Gasteiger partial charge in [-0.25, -0.2) is 4.39 Å². The van der Waals surface area contributed by atoms with Gasteiger partial charge < -0.3 is 0 Å². The topological polar surface area (TPSA) is 0 Å². The first kappa shape index (κ1) is 5.84. The number of halogens is 1. The molecule has 0 atom stereocenters. The van der Waals surface area contributed by atoms with Crippen molar-refractivity contribution in [2.45, 2.75) is 0 Å². The van der Waals surface area contributed by atoms with Gasteiger partial charge >= 0.3 is 0 Å². The zero-order valence-electron chi connectivity index (χ0n) is 4.69. The lowest BCUT2D eigenvalue weighted by molar-refractivity contribution is 0.625.